The molecular formula is C21H25N7O2. The molecule has 2 aromatic heterocycles. The van der Waals surface area contributed by atoms with E-state index in [0.717, 1.165) is 43.9 Å². The number of carbonyl (C=O) groups excluding carboxylic acids is 1. The monoisotopic (exact) mass is 407 g/mol. The van der Waals surface area contributed by atoms with Gasteiger partial charge in [0, 0.05) is 38.4 Å². The van der Waals surface area contributed by atoms with Crippen molar-refractivity contribution in [2.45, 2.75) is 31.2 Å². The number of amides is 1. The highest BCUT2D eigenvalue weighted by atomic mass is 16.5. The van der Waals surface area contributed by atoms with Crippen LogP contribution in [0.25, 0.3) is 11.3 Å². The van der Waals surface area contributed by atoms with Gasteiger partial charge in [-0.15, -0.1) is 0 Å². The second-order valence-corrected chi connectivity index (χ2v) is 8.59. The molecule has 9 nitrogen and oxygen atoms in total. The van der Waals surface area contributed by atoms with Crippen molar-refractivity contribution in [3.05, 3.63) is 24.3 Å². The Kier molecular flexibility index (Phi) is 4.66. The lowest BCUT2D eigenvalue weighted by Crippen LogP contribution is -2.64. The number of carbonyl (C=O) groups is 1. The number of hydrogen-bond acceptors (Lipinski definition) is 7. The summed E-state index contributed by atoms with van der Waals surface area (Å²) < 4.78 is 7.36. The Labute approximate surface area is 175 Å². The number of anilines is 1. The summed E-state index contributed by atoms with van der Waals surface area (Å²) in [6.07, 6.45) is 9.34. The second kappa shape index (κ2) is 7.36. The van der Waals surface area contributed by atoms with Gasteiger partial charge in [-0.25, -0.2) is 9.97 Å². The summed E-state index contributed by atoms with van der Waals surface area (Å²) in [5, 5.41) is 13.6. The van der Waals surface area contributed by atoms with Gasteiger partial charge < -0.3 is 14.5 Å². The third-order valence-corrected chi connectivity index (χ3v) is 6.47. The van der Waals surface area contributed by atoms with Crippen LogP contribution in [0.5, 0.6) is 0 Å². The molecule has 2 saturated heterocycles. The van der Waals surface area contributed by atoms with Crippen molar-refractivity contribution in [1.29, 1.82) is 5.26 Å². The van der Waals surface area contributed by atoms with Gasteiger partial charge in [0.25, 0.3) is 0 Å². The van der Waals surface area contributed by atoms with Crippen molar-refractivity contribution >= 4 is 11.7 Å². The van der Waals surface area contributed by atoms with E-state index in [0.29, 0.717) is 23.9 Å². The van der Waals surface area contributed by atoms with Gasteiger partial charge in [-0.3, -0.25) is 9.48 Å². The summed E-state index contributed by atoms with van der Waals surface area (Å²) in [6.45, 7) is 3.22. The lowest BCUT2D eigenvalue weighted by molar-refractivity contribution is -0.160. The molecule has 1 saturated carbocycles. The maximum atomic E-state index is 12.6. The molecule has 1 amide bonds. The first kappa shape index (κ1) is 19.0. The van der Waals surface area contributed by atoms with Crippen molar-refractivity contribution < 1.29 is 9.53 Å². The number of nitrogens with zero attached hydrogens (tertiary/aromatic N) is 7. The van der Waals surface area contributed by atoms with Crippen LogP contribution in [0.1, 0.15) is 31.4 Å². The van der Waals surface area contributed by atoms with Crippen LogP contribution < -0.4 is 4.90 Å². The van der Waals surface area contributed by atoms with Crippen LogP contribution in [-0.2, 0) is 16.6 Å². The minimum absolute atomic E-state index is 0.124. The minimum Gasteiger partial charge on any atom is -0.369 e. The van der Waals surface area contributed by atoms with E-state index in [1.54, 1.807) is 17.1 Å². The molecule has 3 aliphatic rings. The summed E-state index contributed by atoms with van der Waals surface area (Å²) in [5.74, 6) is 1.53. The lowest BCUT2D eigenvalue weighted by Gasteiger charge is -2.51. The highest BCUT2D eigenvalue weighted by Crippen LogP contribution is 2.38. The van der Waals surface area contributed by atoms with Crippen LogP contribution in [0.3, 0.4) is 0 Å². The van der Waals surface area contributed by atoms with Crippen molar-refractivity contribution in [2.24, 2.45) is 13.0 Å². The predicted molar refractivity (Wildman–Crippen MR) is 108 cm³/mol. The smallest absolute Gasteiger partial charge is 0.249 e. The maximum absolute atomic E-state index is 12.6. The van der Waals surface area contributed by atoms with E-state index in [4.69, 9.17) is 9.72 Å². The fourth-order valence-electron chi connectivity index (χ4n) is 4.53. The van der Waals surface area contributed by atoms with E-state index >= 15 is 0 Å². The van der Waals surface area contributed by atoms with Crippen LogP contribution in [0.2, 0.25) is 0 Å². The lowest BCUT2D eigenvalue weighted by atomic mass is 9.85. The van der Waals surface area contributed by atoms with Crippen LogP contribution in [0.4, 0.5) is 5.82 Å². The molecule has 30 heavy (non-hydrogen) atoms. The molecule has 0 unspecified atom stereocenters. The zero-order valence-electron chi connectivity index (χ0n) is 17.1. The maximum Gasteiger partial charge on any atom is 0.249 e. The molecule has 1 aliphatic carbocycles. The Hall–Kier alpha value is -2.99. The molecule has 2 aliphatic heterocycles. The number of rotatable bonds is 4. The molecule has 0 radical (unpaired) electrons. The SMILES string of the molecule is Cn1cc(-c2nc(N3CCC4(CC3)COCC(=O)N4CC3CC3)cnc2C#N)cn1. The molecule has 3 fully saturated rings. The molecule has 1 spiro atoms. The normalized spacial score (nSPS) is 21.1. The largest absolute Gasteiger partial charge is 0.369 e. The molecule has 156 valence electrons. The number of piperidine rings is 1. The summed E-state index contributed by atoms with van der Waals surface area (Å²) in [4.78, 5) is 26.0. The fraction of sp³-hybridized carbons (Fsp3) is 0.571. The number of hydrogen-bond donors (Lipinski definition) is 0. The van der Waals surface area contributed by atoms with E-state index in [1.165, 1.54) is 12.8 Å². The van der Waals surface area contributed by atoms with Gasteiger partial charge in [-0.1, -0.05) is 0 Å². The highest BCUT2D eigenvalue weighted by Gasteiger charge is 2.47. The molecule has 0 atom stereocenters. The molecule has 5 rings (SSSR count). The summed E-state index contributed by atoms with van der Waals surface area (Å²) in [5.41, 5.74) is 1.41. The van der Waals surface area contributed by atoms with Crippen molar-refractivity contribution in [2.75, 3.05) is 37.7 Å². The quantitative estimate of drug-likeness (QED) is 0.754. The first-order chi connectivity index (χ1) is 14.6. The van der Waals surface area contributed by atoms with Crippen LogP contribution in [0, 0.1) is 17.2 Å². The van der Waals surface area contributed by atoms with Gasteiger partial charge in [0.2, 0.25) is 5.91 Å². The van der Waals surface area contributed by atoms with Gasteiger partial charge >= 0.3 is 0 Å². The number of aromatic nitrogens is 4. The van der Waals surface area contributed by atoms with Crippen LogP contribution in [-0.4, -0.2) is 68.9 Å². The van der Waals surface area contributed by atoms with Crippen molar-refractivity contribution in [3.8, 4) is 17.3 Å². The average molecular weight is 407 g/mol. The van der Waals surface area contributed by atoms with Gasteiger partial charge in [-0.2, -0.15) is 10.4 Å². The number of aryl methyl sites for hydroxylation is 1. The highest BCUT2D eigenvalue weighted by molar-refractivity contribution is 5.79. The number of ether oxygens (including phenoxy) is 1. The Morgan fingerprint density at radius 3 is 2.77 bits per heavy atom. The standard InChI is InChI=1S/C21H25N7O2/c1-26-12-16(9-24-26)20-17(8-22)23-10-18(25-20)27-6-4-21(5-7-27)14-30-13-19(29)28(21)11-15-2-3-15/h9-10,12,15H,2-7,11,13-14H2,1H3. The third kappa shape index (κ3) is 3.41. The molecule has 9 heteroatoms. The predicted octanol–water partition coefficient (Wildman–Crippen LogP) is 1.36. The third-order valence-electron chi connectivity index (χ3n) is 6.47. The Balaban J connectivity index is 1.36. The Morgan fingerprint density at radius 2 is 2.10 bits per heavy atom. The Morgan fingerprint density at radius 1 is 1.30 bits per heavy atom. The summed E-state index contributed by atoms with van der Waals surface area (Å²) >= 11 is 0. The van der Waals surface area contributed by atoms with Crippen molar-refractivity contribution in [1.82, 2.24) is 24.6 Å². The first-order valence-corrected chi connectivity index (χ1v) is 10.5. The minimum atomic E-state index is -0.208. The first-order valence-electron chi connectivity index (χ1n) is 10.5. The molecule has 0 aromatic carbocycles. The zero-order chi connectivity index (χ0) is 20.7. The summed E-state index contributed by atoms with van der Waals surface area (Å²) in [7, 11) is 1.83. The van der Waals surface area contributed by atoms with Gasteiger partial charge in [-0.05, 0) is 31.6 Å². The topological polar surface area (TPSA) is 100 Å². The van der Waals surface area contributed by atoms with E-state index in [2.05, 4.69) is 26.0 Å². The average Bonchev–Trinajstić information content (AvgIpc) is 3.49. The zero-order valence-corrected chi connectivity index (χ0v) is 17.1. The molecule has 4 heterocycles. The summed E-state index contributed by atoms with van der Waals surface area (Å²) in [6, 6.07) is 2.12. The van der Waals surface area contributed by atoms with Gasteiger partial charge in [0.15, 0.2) is 5.69 Å². The van der Waals surface area contributed by atoms with Gasteiger partial charge in [0.05, 0.1) is 24.5 Å². The van der Waals surface area contributed by atoms with E-state index in [-0.39, 0.29) is 18.1 Å². The van der Waals surface area contributed by atoms with Crippen LogP contribution >= 0.6 is 0 Å². The Bertz CT molecular complexity index is 999. The number of morpholine rings is 1. The molecule has 2 aromatic rings. The number of nitriles is 1. The van der Waals surface area contributed by atoms with E-state index < -0.39 is 0 Å². The van der Waals surface area contributed by atoms with Gasteiger partial charge in [0.1, 0.15) is 24.2 Å². The second-order valence-electron chi connectivity index (χ2n) is 8.59. The van der Waals surface area contributed by atoms with E-state index in [1.807, 2.05) is 13.2 Å². The molecular weight excluding hydrogens is 382 g/mol. The van der Waals surface area contributed by atoms with Crippen LogP contribution in [0.15, 0.2) is 18.6 Å². The molecule has 0 bridgehead atoms. The van der Waals surface area contributed by atoms with Crippen molar-refractivity contribution in [3.63, 3.8) is 0 Å². The molecule has 0 N–H and O–H groups in total. The van der Waals surface area contributed by atoms with E-state index in [9.17, 15) is 10.1 Å². The fourth-order valence-corrected chi connectivity index (χ4v) is 4.53.